The highest BCUT2D eigenvalue weighted by atomic mass is 19.4. The molecular formula is C12H18F3NO4. The Balaban J connectivity index is 2.85. The van der Waals surface area contributed by atoms with Gasteiger partial charge in [0.05, 0.1) is 11.8 Å². The van der Waals surface area contributed by atoms with Crippen LogP contribution in [0.15, 0.2) is 0 Å². The monoisotopic (exact) mass is 297 g/mol. The highest BCUT2D eigenvalue weighted by molar-refractivity contribution is 5.70. The summed E-state index contributed by atoms with van der Waals surface area (Å²) in [5, 5.41) is 8.68. The fraction of sp³-hybridized carbons (Fsp3) is 0.833. The van der Waals surface area contributed by atoms with Crippen molar-refractivity contribution in [1.29, 1.82) is 0 Å². The number of rotatable bonds is 2. The number of hydrogen-bond acceptors (Lipinski definition) is 3. The molecule has 1 amide bonds. The van der Waals surface area contributed by atoms with Crippen LogP contribution in [0, 0.1) is 5.41 Å². The number of alkyl halides is 3. The van der Waals surface area contributed by atoms with Gasteiger partial charge in [0.15, 0.2) is 0 Å². The van der Waals surface area contributed by atoms with Crippen LogP contribution in [0.3, 0.4) is 0 Å². The first-order valence-electron chi connectivity index (χ1n) is 6.13. The van der Waals surface area contributed by atoms with Crippen molar-refractivity contribution in [2.45, 2.75) is 45.4 Å². The highest BCUT2D eigenvalue weighted by Crippen LogP contribution is 2.48. The van der Waals surface area contributed by atoms with E-state index in [0.717, 1.165) is 4.90 Å². The summed E-state index contributed by atoms with van der Waals surface area (Å²) in [6, 6.07) is 0. The summed E-state index contributed by atoms with van der Waals surface area (Å²) in [7, 11) is 0. The van der Waals surface area contributed by atoms with Crippen LogP contribution in [0.4, 0.5) is 18.0 Å². The summed E-state index contributed by atoms with van der Waals surface area (Å²) >= 11 is 0. The summed E-state index contributed by atoms with van der Waals surface area (Å²) < 4.78 is 44.3. The Kier molecular flexibility index (Phi) is 4.26. The third-order valence-electron chi connectivity index (χ3n) is 3.10. The number of nitrogens with zero attached hydrogens (tertiary/aromatic N) is 1. The molecule has 1 aliphatic heterocycles. The van der Waals surface area contributed by atoms with Crippen molar-refractivity contribution < 1.29 is 32.6 Å². The van der Waals surface area contributed by atoms with E-state index < -0.39 is 48.6 Å². The predicted molar refractivity (Wildman–Crippen MR) is 63.2 cm³/mol. The summed E-state index contributed by atoms with van der Waals surface area (Å²) in [4.78, 5) is 23.3. The van der Waals surface area contributed by atoms with Crippen LogP contribution >= 0.6 is 0 Å². The Hall–Kier alpha value is -1.47. The molecule has 0 radical (unpaired) electrons. The zero-order valence-corrected chi connectivity index (χ0v) is 11.6. The fourth-order valence-electron chi connectivity index (χ4n) is 2.12. The second-order valence-electron chi connectivity index (χ2n) is 6.00. The summed E-state index contributed by atoms with van der Waals surface area (Å²) in [5.74, 6) is -1.53. The summed E-state index contributed by atoms with van der Waals surface area (Å²) in [5.41, 5.74) is -3.21. The van der Waals surface area contributed by atoms with Crippen molar-refractivity contribution in [2.75, 3.05) is 13.1 Å². The van der Waals surface area contributed by atoms with Gasteiger partial charge in [-0.05, 0) is 27.2 Å². The van der Waals surface area contributed by atoms with Gasteiger partial charge in [-0.15, -0.1) is 0 Å². The van der Waals surface area contributed by atoms with Crippen molar-refractivity contribution in [3.8, 4) is 0 Å². The normalized spacial score (nSPS) is 23.8. The van der Waals surface area contributed by atoms with Crippen LogP contribution in [-0.2, 0) is 9.53 Å². The van der Waals surface area contributed by atoms with E-state index in [1.165, 1.54) is 0 Å². The molecule has 1 fully saturated rings. The van der Waals surface area contributed by atoms with Crippen LogP contribution in [0.5, 0.6) is 0 Å². The molecule has 1 atom stereocenters. The molecule has 1 aliphatic rings. The molecular weight excluding hydrogens is 279 g/mol. The van der Waals surface area contributed by atoms with Crippen LogP contribution < -0.4 is 0 Å². The molecule has 1 unspecified atom stereocenters. The number of aliphatic carboxylic acids is 1. The van der Waals surface area contributed by atoms with Crippen molar-refractivity contribution in [3.63, 3.8) is 0 Å². The third kappa shape index (κ3) is 3.77. The smallest absolute Gasteiger partial charge is 0.410 e. The lowest BCUT2D eigenvalue weighted by molar-refractivity contribution is -0.223. The Morgan fingerprint density at radius 2 is 1.85 bits per heavy atom. The summed E-state index contributed by atoms with van der Waals surface area (Å²) in [6.45, 7) is 3.97. The van der Waals surface area contributed by atoms with Gasteiger partial charge in [0.2, 0.25) is 0 Å². The molecule has 1 heterocycles. The number of carbonyl (C=O) groups excluding carboxylic acids is 1. The topological polar surface area (TPSA) is 66.8 Å². The first-order chi connectivity index (χ1) is 8.86. The van der Waals surface area contributed by atoms with Gasteiger partial charge in [-0.3, -0.25) is 4.79 Å². The average molecular weight is 297 g/mol. The van der Waals surface area contributed by atoms with E-state index in [2.05, 4.69) is 0 Å². The molecule has 20 heavy (non-hydrogen) atoms. The molecule has 116 valence electrons. The Morgan fingerprint density at radius 1 is 1.30 bits per heavy atom. The Bertz CT molecular complexity index is 402. The maximum atomic E-state index is 13.1. The molecule has 5 nitrogen and oxygen atoms in total. The number of likely N-dealkylation sites (tertiary alicyclic amines) is 1. The van der Waals surface area contributed by atoms with E-state index in [9.17, 15) is 22.8 Å². The van der Waals surface area contributed by atoms with E-state index in [1.807, 2.05) is 0 Å². The van der Waals surface area contributed by atoms with E-state index in [1.54, 1.807) is 20.8 Å². The van der Waals surface area contributed by atoms with Crippen molar-refractivity contribution in [1.82, 2.24) is 4.90 Å². The zero-order valence-electron chi connectivity index (χ0n) is 11.6. The minimum absolute atomic E-state index is 0.165. The molecule has 0 aromatic carbocycles. The Labute approximate surface area is 114 Å². The maximum absolute atomic E-state index is 13.1. The van der Waals surface area contributed by atoms with E-state index in [-0.39, 0.29) is 6.54 Å². The van der Waals surface area contributed by atoms with Gasteiger partial charge in [0, 0.05) is 13.1 Å². The first-order valence-corrected chi connectivity index (χ1v) is 6.13. The third-order valence-corrected chi connectivity index (χ3v) is 3.10. The molecule has 0 saturated carbocycles. The lowest BCUT2D eigenvalue weighted by Crippen LogP contribution is -2.44. The van der Waals surface area contributed by atoms with Crippen molar-refractivity contribution in [2.24, 2.45) is 5.41 Å². The lowest BCUT2D eigenvalue weighted by atomic mass is 9.83. The minimum atomic E-state index is -4.68. The SMILES string of the molecule is CC(C)(C)OC(=O)N1CCC(CC(=O)O)(C(F)(F)F)C1. The molecule has 1 saturated heterocycles. The van der Waals surface area contributed by atoms with Gasteiger partial charge in [0.25, 0.3) is 0 Å². The number of carbonyl (C=O) groups is 2. The van der Waals surface area contributed by atoms with E-state index >= 15 is 0 Å². The zero-order chi connectivity index (χ0) is 15.8. The van der Waals surface area contributed by atoms with Crippen molar-refractivity contribution in [3.05, 3.63) is 0 Å². The predicted octanol–water partition coefficient (Wildman–Crippen LogP) is 2.65. The van der Waals surface area contributed by atoms with Gasteiger partial charge in [-0.1, -0.05) is 0 Å². The Morgan fingerprint density at radius 3 is 2.25 bits per heavy atom. The second-order valence-corrected chi connectivity index (χ2v) is 6.00. The maximum Gasteiger partial charge on any atom is 0.410 e. The second kappa shape index (κ2) is 5.14. The minimum Gasteiger partial charge on any atom is -0.481 e. The fourth-order valence-corrected chi connectivity index (χ4v) is 2.12. The van der Waals surface area contributed by atoms with Gasteiger partial charge in [0.1, 0.15) is 5.60 Å². The quantitative estimate of drug-likeness (QED) is 0.851. The van der Waals surface area contributed by atoms with Crippen LogP contribution in [0.2, 0.25) is 0 Å². The number of ether oxygens (including phenoxy) is 1. The largest absolute Gasteiger partial charge is 0.481 e. The number of carboxylic acids is 1. The molecule has 8 heteroatoms. The van der Waals surface area contributed by atoms with Gasteiger partial charge < -0.3 is 14.7 Å². The molecule has 0 aromatic heterocycles. The van der Waals surface area contributed by atoms with Crippen LogP contribution in [-0.4, -0.2) is 46.9 Å². The van der Waals surface area contributed by atoms with Gasteiger partial charge >= 0.3 is 18.2 Å². The average Bonchev–Trinajstić information content (AvgIpc) is 2.58. The number of hydrogen-bond donors (Lipinski definition) is 1. The number of amides is 1. The van der Waals surface area contributed by atoms with Crippen molar-refractivity contribution >= 4 is 12.1 Å². The number of carboxylic acid groups (broad SMARTS) is 1. The standard InChI is InChI=1S/C12H18F3NO4/c1-10(2,3)20-9(19)16-5-4-11(7-16,6-8(17)18)12(13,14)15/h4-7H2,1-3H3,(H,17,18). The van der Waals surface area contributed by atoms with E-state index in [0.29, 0.717) is 0 Å². The first kappa shape index (κ1) is 16.6. The molecule has 0 spiro atoms. The lowest BCUT2D eigenvalue weighted by Gasteiger charge is -2.30. The summed E-state index contributed by atoms with van der Waals surface area (Å²) in [6.07, 6.45) is -7.01. The van der Waals surface area contributed by atoms with Crippen LogP contribution in [0.25, 0.3) is 0 Å². The molecule has 0 aromatic rings. The molecule has 1 N–H and O–H groups in total. The molecule has 0 bridgehead atoms. The highest BCUT2D eigenvalue weighted by Gasteiger charge is 2.59. The molecule has 0 aliphatic carbocycles. The van der Waals surface area contributed by atoms with Gasteiger partial charge in [-0.2, -0.15) is 13.2 Å². The van der Waals surface area contributed by atoms with Crippen LogP contribution in [0.1, 0.15) is 33.6 Å². The number of halogens is 3. The van der Waals surface area contributed by atoms with E-state index in [4.69, 9.17) is 9.84 Å². The van der Waals surface area contributed by atoms with Gasteiger partial charge in [-0.25, -0.2) is 4.79 Å². The molecule has 1 rings (SSSR count).